The fraction of sp³-hybridized carbons (Fsp3) is 0.364. The largest absolute Gasteiger partial charge is 0.493 e. The highest BCUT2D eigenvalue weighted by Crippen LogP contribution is 2.30. The van der Waals surface area contributed by atoms with Crippen LogP contribution < -0.4 is 4.74 Å². The average molecular weight is 293 g/mol. The van der Waals surface area contributed by atoms with Crippen LogP contribution in [0.1, 0.15) is 17.3 Å². The van der Waals surface area contributed by atoms with E-state index in [-0.39, 0.29) is 21.2 Å². The molecule has 0 N–H and O–H groups in total. The first-order valence-corrected chi connectivity index (χ1v) is 7.33. The summed E-state index contributed by atoms with van der Waals surface area (Å²) in [5.74, 6) is -0.484. The molecule has 0 atom stereocenters. The van der Waals surface area contributed by atoms with Gasteiger partial charge in [0.1, 0.15) is 11.3 Å². The second-order valence-corrected chi connectivity index (χ2v) is 5.87. The van der Waals surface area contributed by atoms with Crippen LogP contribution in [-0.4, -0.2) is 34.4 Å². The van der Waals surface area contributed by atoms with E-state index >= 15 is 0 Å². The minimum atomic E-state index is -3.52. The van der Waals surface area contributed by atoms with Crippen molar-refractivity contribution < 1.29 is 22.7 Å². The van der Waals surface area contributed by atoms with Crippen LogP contribution in [0.4, 0.5) is 0 Å². The van der Waals surface area contributed by atoms with Gasteiger partial charge in [-0.1, -0.05) is 11.6 Å². The van der Waals surface area contributed by atoms with Crippen LogP contribution in [0, 0.1) is 0 Å². The third kappa shape index (κ3) is 3.14. The highest BCUT2D eigenvalue weighted by atomic mass is 35.5. The van der Waals surface area contributed by atoms with Crippen molar-refractivity contribution in [2.75, 3.05) is 20.0 Å². The van der Waals surface area contributed by atoms with Crippen molar-refractivity contribution in [3.8, 4) is 5.75 Å². The Kier molecular flexibility index (Phi) is 4.59. The van der Waals surface area contributed by atoms with Crippen LogP contribution in [-0.2, 0) is 14.6 Å². The summed E-state index contributed by atoms with van der Waals surface area (Å²) < 4.78 is 32.8. The summed E-state index contributed by atoms with van der Waals surface area (Å²) in [5, 5.41) is 0.00797. The molecule has 7 heteroatoms. The van der Waals surface area contributed by atoms with Crippen LogP contribution in [0.15, 0.2) is 17.0 Å². The van der Waals surface area contributed by atoms with Gasteiger partial charge in [0, 0.05) is 12.3 Å². The Balaban J connectivity index is 3.50. The zero-order valence-corrected chi connectivity index (χ0v) is 11.8. The molecule has 0 bridgehead atoms. The Morgan fingerprint density at radius 3 is 2.44 bits per heavy atom. The molecule has 5 nitrogen and oxygen atoms in total. The fourth-order valence-electron chi connectivity index (χ4n) is 1.36. The molecule has 1 aromatic rings. The van der Waals surface area contributed by atoms with E-state index < -0.39 is 15.8 Å². The Morgan fingerprint density at radius 1 is 1.39 bits per heavy atom. The molecule has 100 valence electrons. The minimum Gasteiger partial charge on any atom is -0.493 e. The van der Waals surface area contributed by atoms with Crippen LogP contribution in [0.3, 0.4) is 0 Å². The zero-order chi connectivity index (χ0) is 13.9. The Morgan fingerprint density at radius 2 is 2.00 bits per heavy atom. The number of ether oxygens (including phenoxy) is 2. The Labute approximate surface area is 111 Å². The molecule has 0 heterocycles. The Hall–Kier alpha value is -1.27. The lowest BCUT2D eigenvalue weighted by Crippen LogP contribution is -2.08. The molecular formula is C11H13ClO5S. The molecule has 0 unspecified atom stereocenters. The summed E-state index contributed by atoms with van der Waals surface area (Å²) in [5.41, 5.74) is 0.0316. The molecule has 0 aliphatic rings. The lowest BCUT2D eigenvalue weighted by Gasteiger charge is -2.11. The summed E-state index contributed by atoms with van der Waals surface area (Å²) in [4.78, 5) is 11.4. The first kappa shape index (κ1) is 14.8. The molecule has 0 saturated heterocycles. The second-order valence-electron chi connectivity index (χ2n) is 3.48. The third-order valence-corrected chi connectivity index (χ3v) is 3.70. The number of hydrogen-bond donors (Lipinski definition) is 0. The SMILES string of the molecule is CCOc1cc(Cl)c(S(C)(=O)=O)cc1C(=O)OC. The van der Waals surface area contributed by atoms with Gasteiger partial charge in [-0.3, -0.25) is 0 Å². The van der Waals surface area contributed by atoms with Gasteiger partial charge in [0.25, 0.3) is 0 Å². The van der Waals surface area contributed by atoms with Gasteiger partial charge in [-0.15, -0.1) is 0 Å². The van der Waals surface area contributed by atoms with Crippen LogP contribution in [0.2, 0.25) is 5.02 Å². The molecule has 0 amide bonds. The summed E-state index contributed by atoms with van der Waals surface area (Å²) >= 11 is 5.86. The maximum Gasteiger partial charge on any atom is 0.341 e. The van der Waals surface area contributed by atoms with Gasteiger partial charge in [-0.2, -0.15) is 0 Å². The molecule has 0 spiro atoms. The van der Waals surface area contributed by atoms with Crippen molar-refractivity contribution in [1.82, 2.24) is 0 Å². The van der Waals surface area contributed by atoms with Gasteiger partial charge >= 0.3 is 5.97 Å². The van der Waals surface area contributed by atoms with Crippen molar-refractivity contribution in [3.05, 3.63) is 22.7 Å². The standard InChI is InChI=1S/C11H13ClO5S/c1-4-17-9-6-8(12)10(18(3,14)15)5-7(9)11(13)16-2/h5-6H,4H2,1-3H3. The molecule has 0 saturated carbocycles. The molecular weight excluding hydrogens is 280 g/mol. The fourth-order valence-corrected chi connectivity index (χ4v) is 2.68. The average Bonchev–Trinajstić information content (AvgIpc) is 2.27. The molecule has 0 radical (unpaired) electrons. The highest BCUT2D eigenvalue weighted by molar-refractivity contribution is 7.90. The molecule has 0 aliphatic heterocycles. The molecule has 18 heavy (non-hydrogen) atoms. The smallest absolute Gasteiger partial charge is 0.341 e. The number of hydrogen-bond acceptors (Lipinski definition) is 5. The van der Waals surface area contributed by atoms with Gasteiger partial charge in [0.15, 0.2) is 9.84 Å². The lowest BCUT2D eigenvalue weighted by molar-refractivity contribution is 0.0596. The first-order chi connectivity index (χ1) is 8.31. The van der Waals surface area contributed by atoms with Crippen molar-refractivity contribution in [2.24, 2.45) is 0 Å². The zero-order valence-electron chi connectivity index (χ0n) is 10.2. The summed E-state index contributed by atoms with van der Waals surface area (Å²) in [7, 11) is -2.32. The van der Waals surface area contributed by atoms with Crippen molar-refractivity contribution in [3.63, 3.8) is 0 Å². The topological polar surface area (TPSA) is 69.7 Å². The normalized spacial score (nSPS) is 11.1. The number of carbonyl (C=O) groups is 1. The predicted octanol–water partition coefficient (Wildman–Crippen LogP) is 1.93. The predicted molar refractivity (Wildman–Crippen MR) is 67.1 cm³/mol. The van der Waals surface area contributed by atoms with E-state index in [9.17, 15) is 13.2 Å². The number of methoxy groups -OCH3 is 1. The quantitative estimate of drug-likeness (QED) is 0.793. The molecule has 1 rings (SSSR count). The molecule has 0 aromatic heterocycles. The van der Waals surface area contributed by atoms with E-state index in [1.54, 1.807) is 6.92 Å². The number of benzene rings is 1. The van der Waals surface area contributed by atoms with E-state index in [2.05, 4.69) is 4.74 Å². The maximum atomic E-state index is 11.6. The van der Waals surface area contributed by atoms with Crippen LogP contribution in [0.25, 0.3) is 0 Å². The molecule has 1 aromatic carbocycles. The summed E-state index contributed by atoms with van der Waals surface area (Å²) in [6, 6.07) is 2.46. The van der Waals surface area contributed by atoms with E-state index in [0.29, 0.717) is 6.61 Å². The molecule has 0 aliphatic carbocycles. The second kappa shape index (κ2) is 5.58. The van der Waals surface area contributed by atoms with E-state index in [0.717, 1.165) is 12.3 Å². The van der Waals surface area contributed by atoms with Crippen LogP contribution in [0.5, 0.6) is 5.75 Å². The molecule has 0 fully saturated rings. The highest BCUT2D eigenvalue weighted by Gasteiger charge is 2.21. The monoisotopic (exact) mass is 292 g/mol. The Bertz CT molecular complexity index is 565. The van der Waals surface area contributed by atoms with Crippen molar-refractivity contribution in [2.45, 2.75) is 11.8 Å². The van der Waals surface area contributed by atoms with Crippen LogP contribution >= 0.6 is 11.6 Å². The van der Waals surface area contributed by atoms with Crippen molar-refractivity contribution in [1.29, 1.82) is 0 Å². The first-order valence-electron chi connectivity index (χ1n) is 5.06. The van der Waals surface area contributed by atoms with Gasteiger partial charge < -0.3 is 9.47 Å². The number of sulfone groups is 1. The van der Waals surface area contributed by atoms with Crippen molar-refractivity contribution >= 4 is 27.4 Å². The minimum absolute atomic E-state index is 0.00797. The summed E-state index contributed by atoms with van der Waals surface area (Å²) in [6.07, 6.45) is 1.01. The van der Waals surface area contributed by atoms with E-state index in [1.807, 2.05) is 0 Å². The number of rotatable bonds is 4. The number of esters is 1. The van der Waals surface area contributed by atoms with E-state index in [4.69, 9.17) is 16.3 Å². The van der Waals surface area contributed by atoms with Gasteiger partial charge in [0.2, 0.25) is 0 Å². The lowest BCUT2D eigenvalue weighted by atomic mass is 10.2. The summed E-state index contributed by atoms with van der Waals surface area (Å²) in [6.45, 7) is 2.05. The number of halogens is 1. The van der Waals surface area contributed by atoms with Gasteiger partial charge in [-0.25, -0.2) is 13.2 Å². The third-order valence-electron chi connectivity index (χ3n) is 2.14. The van der Waals surface area contributed by atoms with Gasteiger partial charge in [-0.05, 0) is 13.0 Å². The number of carbonyl (C=O) groups excluding carboxylic acids is 1. The van der Waals surface area contributed by atoms with E-state index in [1.165, 1.54) is 13.2 Å². The maximum absolute atomic E-state index is 11.6. The van der Waals surface area contributed by atoms with Gasteiger partial charge in [0.05, 0.1) is 23.6 Å².